The first-order valence-corrected chi connectivity index (χ1v) is 7.26. The molecule has 0 saturated heterocycles. The number of hydrogen-bond donors (Lipinski definition) is 0. The van der Waals surface area contributed by atoms with Gasteiger partial charge in [-0.2, -0.15) is 8.78 Å². The highest BCUT2D eigenvalue weighted by Crippen LogP contribution is 2.19. The fraction of sp³-hybridized carbons (Fsp3) is 0.188. The zero-order valence-corrected chi connectivity index (χ0v) is 12.2. The van der Waals surface area contributed by atoms with E-state index in [2.05, 4.69) is 4.74 Å². The van der Waals surface area contributed by atoms with Crippen molar-refractivity contribution < 1.29 is 18.3 Å². The minimum atomic E-state index is -2.83. The van der Waals surface area contributed by atoms with Gasteiger partial charge < -0.3 is 4.74 Å². The summed E-state index contributed by atoms with van der Waals surface area (Å²) in [5.41, 5.74) is 0.747. The van der Waals surface area contributed by atoms with Crippen molar-refractivity contribution in [3.05, 3.63) is 57.8 Å². The van der Waals surface area contributed by atoms with Crippen LogP contribution in [0.4, 0.5) is 8.78 Å². The molecule has 1 aromatic carbocycles. The van der Waals surface area contributed by atoms with E-state index in [1.807, 2.05) is 19.1 Å². The van der Waals surface area contributed by atoms with Crippen LogP contribution in [0.15, 0.2) is 42.5 Å². The monoisotopic (exact) mass is 308 g/mol. The Morgan fingerprint density at radius 1 is 1.24 bits per heavy atom. The van der Waals surface area contributed by atoms with Gasteiger partial charge in [-0.25, -0.2) is 0 Å². The quantitative estimate of drug-likeness (QED) is 0.565. The summed E-state index contributed by atoms with van der Waals surface area (Å²) < 4.78 is 28.3. The number of ketones is 1. The number of carbonyl (C=O) groups is 1. The van der Waals surface area contributed by atoms with Gasteiger partial charge in [-0.3, -0.25) is 4.79 Å². The van der Waals surface area contributed by atoms with Crippen molar-refractivity contribution in [3.8, 4) is 5.75 Å². The molecule has 0 unspecified atom stereocenters. The van der Waals surface area contributed by atoms with E-state index in [9.17, 15) is 13.6 Å². The second kappa shape index (κ2) is 7.13. The second-order valence-corrected chi connectivity index (χ2v) is 5.43. The standard InChI is InChI=1S/C16H14F2O2S/c1-2-13-8-10-15(21-13)14(19)9-5-11-3-6-12(7-4-11)20-16(17)18/h3-10,16H,2H2,1H3/b9-5+. The Bertz CT molecular complexity index is 630. The van der Waals surface area contributed by atoms with E-state index in [0.717, 1.165) is 12.0 Å². The number of ether oxygens (including phenoxy) is 1. The minimum absolute atomic E-state index is 0.0624. The molecule has 0 fully saturated rings. The van der Waals surface area contributed by atoms with E-state index < -0.39 is 6.61 Å². The SMILES string of the molecule is CCc1ccc(C(=O)/C=C/c2ccc(OC(F)F)cc2)s1. The van der Waals surface area contributed by atoms with Gasteiger partial charge in [-0.15, -0.1) is 11.3 Å². The molecule has 21 heavy (non-hydrogen) atoms. The van der Waals surface area contributed by atoms with Gasteiger partial charge in [0.25, 0.3) is 0 Å². The summed E-state index contributed by atoms with van der Waals surface area (Å²) in [4.78, 5) is 13.8. The number of benzene rings is 1. The van der Waals surface area contributed by atoms with Crippen LogP contribution < -0.4 is 4.74 Å². The van der Waals surface area contributed by atoms with Crippen molar-refractivity contribution in [2.75, 3.05) is 0 Å². The van der Waals surface area contributed by atoms with Gasteiger partial charge in [0.2, 0.25) is 0 Å². The van der Waals surface area contributed by atoms with Crippen LogP contribution >= 0.6 is 11.3 Å². The van der Waals surface area contributed by atoms with Gasteiger partial charge >= 0.3 is 6.61 Å². The van der Waals surface area contributed by atoms with E-state index in [-0.39, 0.29) is 11.5 Å². The summed E-state index contributed by atoms with van der Waals surface area (Å²) in [6.45, 7) is -0.793. The average molecular weight is 308 g/mol. The molecule has 0 aliphatic rings. The average Bonchev–Trinajstić information content (AvgIpc) is 2.94. The summed E-state index contributed by atoms with van der Waals surface area (Å²) in [7, 11) is 0. The molecule has 2 nitrogen and oxygen atoms in total. The molecule has 1 aromatic heterocycles. The fourth-order valence-corrected chi connectivity index (χ4v) is 2.58. The van der Waals surface area contributed by atoms with Crippen molar-refractivity contribution in [1.29, 1.82) is 0 Å². The first-order valence-electron chi connectivity index (χ1n) is 6.44. The molecule has 0 aliphatic carbocycles. The maximum absolute atomic E-state index is 12.0. The van der Waals surface area contributed by atoms with Crippen molar-refractivity contribution in [2.45, 2.75) is 20.0 Å². The van der Waals surface area contributed by atoms with Crippen molar-refractivity contribution in [3.63, 3.8) is 0 Å². The predicted molar refractivity (Wildman–Crippen MR) is 80.1 cm³/mol. The van der Waals surface area contributed by atoms with Crippen LogP contribution in [0, 0.1) is 0 Å². The van der Waals surface area contributed by atoms with Crippen LogP contribution in [0.2, 0.25) is 0 Å². The third-order valence-electron chi connectivity index (χ3n) is 2.79. The van der Waals surface area contributed by atoms with Crippen LogP contribution in [-0.2, 0) is 6.42 Å². The third-order valence-corrected chi connectivity index (χ3v) is 4.03. The van der Waals surface area contributed by atoms with Crippen molar-refractivity contribution in [1.82, 2.24) is 0 Å². The van der Waals surface area contributed by atoms with Gasteiger partial charge in [0, 0.05) is 4.88 Å². The zero-order valence-electron chi connectivity index (χ0n) is 11.4. The lowest BCUT2D eigenvalue weighted by Gasteiger charge is -2.03. The Kier molecular flexibility index (Phi) is 5.22. The van der Waals surface area contributed by atoms with Crippen LogP contribution in [0.3, 0.4) is 0 Å². The largest absolute Gasteiger partial charge is 0.435 e. The maximum Gasteiger partial charge on any atom is 0.387 e. The Morgan fingerprint density at radius 3 is 2.52 bits per heavy atom. The first kappa shape index (κ1) is 15.4. The number of alkyl halides is 2. The topological polar surface area (TPSA) is 26.3 Å². The molecule has 1 heterocycles. The van der Waals surface area contributed by atoms with Crippen LogP contribution in [0.1, 0.15) is 27.0 Å². The van der Waals surface area contributed by atoms with E-state index in [1.54, 1.807) is 18.2 Å². The molecule has 2 rings (SSSR count). The third kappa shape index (κ3) is 4.49. The number of rotatable bonds is 6. The van der Waals surface area contributed by atoms with Crippen LogP contribution in [-0.4, -0.2) is 12.4 Å². The summed E-state index contributed by atoms with van der Waals surface area (Å²) >= 11 is 1.48. The predicted octanol–water partition coefficient (Wildman–Crippen LogP) is 4.81. The van der Waals surface area contributed by atoms with E-state index in [4.69, 9.17) is 0 Å². The summed E-state index contributed by atoms with van der Waals surface area (Å²) in [5.74, 6) is 0.0342. The molecule has 5 heteroatoms. The van der Waals surface area contributed by atoms with Gasteiger partial charge in [-0.1, -0.05) is 25.1 Å². The van der Waals surface area contributed by atoms with Gasteiger partial charge in [0.1, 0.15) is 5.75 Å². The van der Waals surface area contributed by atoms with Gasteiger partial charge in [0.05, 0.1) is 4.88 Å². The van der Waals surface area contributed by atoms with Gasteiger partial charge in [0.15, 0.2) is 5.78 Å². The number of aryl methyl sites for hydroxylation is 1. The second-order valence-electron chi connectivity index (χ2n) is 4.26. The molecule has 0 saturated carbocycles. The number of carbonyl (C=O) groups excluding carboxylic acids is 1. The van der Waals surface area contributed by atoms with Crippen molar-refractivity contribution >= 4 is 23.2 Å². The first-order chi connectivity index (χ1) is 10.1. The maximum atomic E-state index is 12.0. The Morgan fingerprint density at radius 2 is 1.95 bits per heavy atom. The number of halogens is 2. The highest BCUT2D eigenvalue weighted by molar-refractivity contribution is 7.14. The molecule has 0 amide bonds. The Hall–Kier alpha value is -2.01. The molecule has 0 radical (unpaired) electrons. The lowest BCUT2D eigenvalue weighted by atomic mass is 10.2. The summed E-state index contributed by atoms with van der Waals surface area (Å²) in [6.07, 6.45) is 4.04. The molecular weight excluding hydrogens is 294 g/mol. The van der Waals surface area contributed by atoms with Gasteiger partial charge in [-0.05, 0) is 42.3 Å². The lowest BCUT2D eigenvalue weighted by Crippen LogP contribution is -2.01. The summed E-state index contributed by atoms with van der Waals surface area (Å²) in [6, 6.07) is 9.88. The number of thiophene rings is 1. The number of allylic oxidation sites excluding steroid dienone is 1. The molecule has 2 aromatic rings. The molecular formula is C16H14F2O2S. The fourth-order valence-electron chi connectivity index (χ4n) is 1.71. The Balaban J connectivity index is 2.01. The van der Waals surface area contributed by atoms with Crippen molar-refractivity contribution in [2.24, 2.45) is 0 Å². The zero-order chi connectivity index (χ0) is 15.2. The van der Waals surface area contributed by atoms with E-state index >= 15 is 0 Å². The highest BCUT2D eigenvalue weighted by atomic mass is 32.1. The van der Waals surface area contributed by atoms with E-state index in [1.165, 1.54) is 34.4 Å². The molecule has 0 spiro atoms. The highest BCUT2D eigenvalue weighted by Gasteiger charge is 2.06. The van der Waals surface area contributed by atoms with E-state index in [0.29, 0.717) is 4.88 Å². The minimum Gasteiger partial charge on any atom is -0.435 e. The Labute approximate surface area is 125 Å². The molecule has 0 bridgehead atoms. The molecule has 0 N–H and O–H groups in total. The lowest BCUT2D eigenvalue weighted by molar-refractivity contribution is -0.0498. The summed E-state index contributed by atoms with van der Waals surface area (Å²) in [5, 5.41) is 0. The van der Waals surface area contributed by atoms with Crippen LogP contribution in [0.25, 0.3) is 6.08 Å². The molecule has 0 aliphatic heterocycles. The normalized spacial score (nSPS) is 11.2. The smallest absolute Gasteiger partial charge is 0.387 e. The molecule has 0 atom stereocenters. The van der Waals surface area contributed by atoms with Crippen LogP contribution in [0.5, 0.6) is 5.75 Å². The number of hydrogen-bond acceptors (Lipinski definition) is 3. The molecule has 110 valence electrons.